The lowest BCUT2D eigenvalue weighted by molar-refractivity contribution is -0.205. The normalized spacial score (nSPS) is 40.3. The Hall–Kier alpha value is -2.06. The fraction of sp³-hybridized carbons (Fsp3) is 0.586. The zero-order valence-electron chi connectivity index (χ0n) is 21.4. The first kappa shape index (κ1) is 25.2. The third kappa shape index (κ3) is 3.33. The molecule has 1 aromatic carbocycles. The Morgan fingerprint density at radius 1 is 1.24 bits per heavy atom. The summed E-state index contributed by atoms with van der Waals surface area (Å²) in [6, 6.07) is 5.38. The lowest BCUT2D eigenvalue weighted by Gasteiger charge is -2.62. The Labute approximate surface area is 219 Å². The van der Waals surface area contributed by atoms with E-state index in [1.807, 2.05) is 26.8 Å². The fourth-order valence-corrected chi connectivity index (χ4v) is 9.64. The zero-order chi connectivity index (χ0) is 26.3. The first-order valence-corrected chi connectivity index (χ1v) is 14.2. The van der Waals surface area contributed by atoms with Crippen LogP contribution in [0.4, 0.5) is 13.2 Å². The molecule has 3 fully saturated rings. The van der Waals surface area contributed by atoms with Gasteiger partial charge < -0.3 is 5.11 Å². The molecular weight excluding hydrogens is 497 g/mol. The van der Waals surface area contributed by atoms with Gasteiger partial charge in [0.2, 0.25) is 0 Å². The Morgan fingerprint density at radius 3 is 2.68 bits per heavy atom. The van der Waals surface area contributed by atoms with Crippen molar-refractivity contribution in [2.75, 3.05) is 6.01 Å². The number of hydrogen-bond donors (Lipinski definition) is 1. The molecule has 0 bridgehead atoms. The molecule has 1 aromatic heterocycles. The molecular formula is C29H33F3N2O2S. The van der Waals surface area contributed by atoms with Crippen LogP contribution in [0.25, 0.3) is 11.8 Å². The maximum absolute atomic E-state index is 17.7. The fourth-order valence-electron chi connectivity index (χ4n) is 8.86. The molecule has 8 heteroatoms. The standard InChI is InChI=1S/C29H33F3N2O2S/c1-16-10-22-21-9-4-18-11-23-17(14-33-34(23)20-7-5-19(31)6-8-20)12-28(18,3)29(21,32)24(35)13-27(22,2)25(16)26(36)37-15-30/h5-8,11,14,16,21-22,24-25,35H,4,9-10,12-13,15H2,1-3H3. The molecule has 4 aliphatic carbocycles. The predicted molar refractivity (Wildman–Crippen MR) is 138 cm³/mol. The van der Waals surface area contributed by atoms with E-state index < -0.39 is 28.6 Å². The molecule has 4 nitrogen and oxygen atoms in total. The van der Waals surface area contributed by atoms with Crippen LogP contribution in [-0.2, 0) is 11.2 Å². The maximum Gasteiger partial charge on any atom is 0.195 e. The quantitative estimate of drug-likeness (QED) is 0.506. The van der Waals surface area contributed by atoms with Crippen LogP contribution in [0.3, 0.4) is 0 Å². The van der Waals surface area contributed by atoms with Crippen LogP contribution >= 0.6 is 11.8 Å². The highest BCUT2D eigenvalue weighted by Crippen LogP contribution is 2.70. The van der Waals surface area contributed by atoms with Crippen LogP contribution < -0.4 is 0 Å². The molecule has 2 aromatic rings. The Morgan fingerprint density at radius 2 is 1.97 bits per heavy atom. The first-order valence-electron chi connectivity index (χ1n) is 13.2. The molecule has 0 saturated heterocycles. The Bertz CT molecular complexity index is 1280. The minimum Gasteiger partial charge on any atom is -0.390 e. The highest BCUT2D eigenvalue weighted by molar-refractivity contribution is 8.13. The predicted octanol–water partition coefficient (Wildman–Crippen LogP) is 6.31. The van der Waals surface area contributed by atoms with Crippen molar-refractivity contribution in [1.29, 1.82) is 0 Å². The van der Waals surface area contributed by atoms with E-state index in [0.29, 0.717) is 37.4 Å². The number of thioether (sulfide) groups is 1. The monoisotopic (exact) mass is 530 g/mol. The summed E-state index contributed by atoms with van der Waals surface area (Å²) < 4.78 is 46.0. The van der Waals surface area contributed by atoms with Gasteiger partial charge in [0, 0.05) is 17.3 Å². The number of carbonyl (C=O) groups excluding carboxylic acids is 1. The van der Waals surface area contributed by atoms with Gasteiger partial charge in [-0.2, -0.15) is 5.10 Å². The number of benzene rings is 1. The molecule has 4 aliphatic rings. The highest BCUT2D eigenvalue weighted by Gasteiger charge is 2.72. The third-order valence-electron chi connectivity index (χ3n) is 10.4. The average molecular weight is 531 g/mol. The topological polar surface area (TPSA) is 55.1 Å². The average Bonchev–Trinajstić information content (AvgIpc) is 3.36. The minimum atomic E-state index is -1.85. The molecule has 37 heavy (non-hydrogen) atoms. The number of alkyl halides is 2. The van der Waals surface area contributed by atoms with E-state index in [1.165, 1.54) is 12.1 Å². The Kier molecular flexibility index (Phi) is 5.78. The summed E-state index contributed by atoms with van der Waals surface area (Å²) >= 11 is 0.707. The molecule has 1 N–H and O–H groups in total. The molecule has 198 valence electrons. The van der Waals surface area contributed by atoms with Crippen molar-refractivity contribution in [3.8, 4) is 5.69 Å². The number of rotatable bonds is 3. The van der Waals surface area contributed by atoms with Crippen LogP contribution in [0.2, 0.25) is 0 Å². The van der Waals surface area contributed by atoms with Gasteiger partial charge in [-0.15, -0.1) is 0 Å². The summed E-state index contributed by atoms with van der Waals surface area (Å²) in [5.41, 5.74) is 0.185. The van der Waals surface area contributed by atoms with E-state index >= 15 is 4.39 Å². The molecule has 8 unspecified atom stereocenters. The van der Waals surface area contributed by atoms with Gasteiger partial charge in [-0.1, -0.05) is 38.1 Å². The minimum absolute atomic E-state index is 0.0211. The molecule has 0 amide bonds. The second-order valence-corrected chi connectivity index (χ2v) is 13.0. The van der Waals surface area contributed by atoms with Crippen molar-refractivity contribution >= 4 is 23.0 Å². The van der Waals surface area contributed by atoms with Gasteiger partial charge in [-0.25, -0.2) is 17.9 Å². The molecule has 6 rings (SSSR count). The van der Waals surface area contributed by atoms with Crippen molar-refractivity contribution in [2.24, 2.45) is 34.5 Å². The van der Waals surface area contributed by atoms with Crippen molar-refractivity contribution in [3.63, 3.8) is 0 Å². The summed E-state index contributed by atoms with van der Waals surface area (Å²) in [7, 11) is 0. The van der Waals surface area contributed by atoms with Gasteiger partial charge in [-0.3, -0.25) is 4.79 Å². The number of fused-ring (bicyclic) bond motifs is 6. The number of allylic oxidation sites excluding steroid dienone is 1. The summed E-state index contributed by atoms with van der Waals surface area (Å²) in [5.74, 6) is -1.11. The zero-order valence-corrected chi connectivity index (χ0v) is 22.2. The van der Waals surface area contributed by atoms with E-state index in [2.05, 4.69) is 5.10 Å². The highest BCUT2D eigenvalue weighted by atomic mass is 32.2. The number of carbonyl (C=O) groups is 1. The van der Waals surface area contributed by atoms with Crippen LogP contribution in [0, 0.1) is 40.3 Å². The smallest absolute Gasteiger partial charge is 0.195 e. The van der Waals surface area contributed by atoms with E-state index in [-0.39, 0.29) is 41.0 Å². The molecule has 8 atom stereocenters. The van der Waals surface area contributed by atoms with Crippen molar-refractivity contribution < 1.29 is 23.1 Å². The number of aromatic nitrogens is 2. The number of nitrogens with zero attached hydrogens (tertiary/aromatic N) is 2. The van der Waals surface area contributed by atoms with Crippen LogP contribution in [0.5, 0.6) is 0 Å². The van der Waals surface area contributed by atoms with E-state index in [4.69, 9.17) is 0 Å². The number of halogens is 3. The maximum atomic E-state index is 17.7. The first-order chi connectivity index (χ1) is 17.5. The largest absolute Gasteiger partial charge is 0.390 e. The van der Waals surface area contributed by atoms with E-state index in [0.717, 1.165) is 22.5 Å². The van der Waals surface area contributed by atoms with Gasteiger partial charge in [0.25, 0.3) is 0 Å². The van der Waals surface area contributed by atoms with Crippen molar-refractivity contribution in [3.05, 3.63) is 53.1 Å². The second-order valence-electron chi connectivity index (χ2n) is 12.1. The third-order valence-corrected chi connectivity index (χ3v) is 11.1. The van der Waals surface area contributed by atoms with Gasteiger partial charge >= 0.3 is 0 Å². The SMILES string of the molecule is CC1CC2C3CCC4=Cc5c(cnn5-c5ccc(F)cc5)CC4(C)C3(F)C(O)CC2(C)C1C(=O)SCF. The molecule has 0 aliphatic heterocycles. The molecule has 0 radical (unpaired) electrons. The summed E-state index contributed by atoms with van der Waals surface area (Å²) in [6.45, 7) is 5.98. The molecule has 0 spiro atoms. The van der Waals surface area contributed by atoms with Gasteiger partial charge in [0.15, 0.2) is 5.12 Å². The van der Waals surface area contributed by atoms with Gasteiger partial charge in [0.05, 0.1) is 23.7 Å². The van der Waals surface area contributed by atoms with E-state index in [1.54, 1.807) is 23.0 Å². The lowest BCUT2D eigenvalue weighted by atomic mass is 9.44. The van der Waals surface area contributed by atoms with Gasteiger partial charge in [0.1, 0.15) is 17.5 Å². The van der Waals surface area contributed by atoms with E-state index in [9.17, 15) is 18.7 Å². The summed E-state index contributed by atoms with van der Waals surface area (Å²) in [5, 5.41) is 16.0. The summed E-state index contributed by atoms with van der Waals surface area (Å²) in [4.78, 5) is 12.9. The van der Waals surface area contributed by atoms with Crippen molar-refractivity contribution in [1.82, 2.24) is 9.78 Å². The van der Waals surface area contributed by atoms with Crippen molar-refractivity contribution in [2.45, 2.75) is 64.6 Å². The number of hydrogen-bond acceptors (Lipinski definition) is 4. The van der Waals surface area contributed by atoms with Crippen LogP contribution in [0.15, 0.2) is 36.0 Å². The number of aliphatic hydroxyl groups is 1. The second kappa shape index (κ2) is 8.47. The van der Waals surface area contributed by atoms with Gasteiger partial charge in [-0.05, 0) is 85.3 Å². The Balaban J connectivity index is 1.39. The number of aliphatic hydroxyl groups excluding tert-OH is 1. The van der Waals surface area contributed by atoms with Crippen LogP contribution in [-0.4, -0.2) is 37.8 Å². The molecule has 3 saturated carbocycles. The molecule has 1 heterocycles. The van der Waals surface area contributed by atoms with Crippen LogP contribution in [0.1, 0.15) is 57.7 Å². The summed E-state index contributed by atoms with van der Waals surface area (Å²) in [6.07, 6.45) is 5.18. The lowest BCUT2D eigenvalue weighted by Crippen LogP contribution is -2.67.